The Kier molecular flexibility index (Phi) is 6.86. The molecule has 0 saturated carbocycles. The number of carbonyl (C=O) groups excluding carboxylic acids is 2. The zero-order valence-electron chi connectivity index (χ0n) is 17.2. The second-order valence-electron chi connectivity index (χ2n) is 6.75. The Bertz CT molecular complexity index is 1140. The van der Waals surface area contributed by atoms with Crippen molar-refractivity contribution in [3.63, 3.8) is 0 Å². The number of aryl methyl sites for hydroxylation is 1. The number of hydrogen-bond donors (Lipinski definition) is 1. The van der Waals surface area contributed by atoms with Crippen LogP contribution in [0.1, 0.15) is 24.5 Å². The van der Waals surface area contributed by atoms with Crippen molar-refractivity contribution in [3.05, 3.63) is 64.7 Å². The summed E-state index contributed by atoms with van der Waals surface area (Å²) in [5.41, 5.74) is 6.08. The molecule has 9 heteroatoms. The first-order valence-electron chi connectivity index (χ1n) is 9.59. The van der Waals surface area contributed by atoms with E-state index < -0.39 is 18.0 Å². The number of carbonyl (C=O) groups is 2. The van der Waals surface area contributed by atoms with Crippen LogP contribution in [0, 0.1) is 0 Å². The highest BCUT2D eigenvalue weighted by atomic mass is 16.5. The van der Waals surface area contributed by atoms with Gasteiger partial charge in [-0.05, 0) is 12.5 Å². The number of esters is 1. The van der Waals surface area contributed by atoms with Crippen molar-refractivity contribution in [3.8, 4) is 11.5 Å². The highest BCUT2D eigenvalue weighted by molar-refractivity contribution is 5.83. The van der Waals surface area contributed by atoms with E-state index in [1.807, 2.05) is 0 Å². The predicted octanol–water partition coefficient (Wildman–Crippen LogP) is 1.96. The first kappa shape index (κ1) is 21.8. The molecule has 0 fully saturated rings. The molecule has 1 aromatic heterocycles. The fourth-order valence-corrected chi connectivity index (χ4v) is 3.15. The van der Waals surface area contributed by atoms with Gasteiger partial charge in [-0.3, -0.25) is 19.0 Å². The van der Waals surface area contributed by atoms with Crippen molar-refractivity contribution in [1.29, 1.82) is 0 Å². The van der Waals surface area contributed by atoms with Crippen LogP contribution in [-0.4, -0.2) is 35.6 Å². The first-order chi connectivity index (χ1) is 14.9. The minimum atomic E-state index is -1.15. The number of amides is 1. The molecule has 0 aliphatic carbocycles. The van der Waals surface area contributed by atoms with Gasteiger partial charge in [-0.1, -0.05) is 30.3 Å². The molecule has 1 atom stereocenters. The number of fused-ring (bicyclic) bond motifs is 1. The molecule has 2 aromatic carbocycles. The number of hydrogen-bond acceptors (Lipinski definition) is 7. The highest BCUT2D eigenvalue weighted by Gasteiger charge is 2.22. The second-order valence-corrected chi connectivity index (χ2v) is 6.75. The summed E-state index contributed by atoms with van der Waals surface area (Å²) in [5.74, 6) is -0.432. The van der Waals surface area contributed by atoms with Gasteiger partial charge in [0.25, 0.3) is 11.5 Å². The van der Waals surface area contributed by atoms with E-state index >= 15 is 0 Å². The topological polar surface area (TPSA) is 123 Å². The Labute approximate surface area is 178 Å². The molecule has 0 saturated heterocycles. The molecule has 0 spiro atoms. The molecular weight excluding hydrogens is 402 g/mol. The van der Waals surface area contributed by atoms with Gasteiger partial charge in [0, 0.05) is 24.6 Å². The largest absolute Gasteiger partial charge is 0.493 e. The monoisotopic (exact) mass is 425 g/mol. The zero-order valence-corrected chi connectivity index (χ0v) is 17.2. The summed E-state index contributed by atoms with van der Waals surface area (Å²) in [4.78, 5) is 40.9. The van der Waals surface area contributed by atoms with Crippen LogP contribution < -0.4 is 20.8 Å². The molecule has 0 aliphatic rings. The van der Waals surface area contributed by atoms with Crippen LogP contribution in [0.5, 0.6) is 11.5 Å². The first-order valence-corrected chi connectivity index (χ1v) is 9.59. The third-order valence-corrected chi connectivity index (χ3v) is 4.72. The van der Waals surface area contributed by atoms with E-state index in [9.17, 15) is 14.4 Å². The molecular formula is C22H23N3O6. The van der Waals surface area contributed by atoms with E-state index in [1.54, 1.807) is 42.5 Å². The summed E-state index contributed by atoms with van der Waals surface area (Å²) < 4.78 is 17.1. The van der Waals surface area contributed by atoms with E-state index in [-0.39, 0.29) is 18.5 Å². The number of rotatable bonds is 9. The second kappa shape index (κ2) is 9.75. The van der Waals surface area contributed by atoms with Gasteiger partial charge in [-0.2, -0.15) is 0 Å². The lowest BCUT2D eigenvalue weighted by Gasteiger charge is -2.15. The number of methoxy groups -OCH3 is 2. The van der Waals surface area contributed by atoms with E-state index in [4.69, 9.17) is 19.9 Å². The normalized spacial score (nSPS) is 11.7. The van der Waals surface area contributed by atoms with Crippen LogP contribution >= 0.6 is 0 Å². The van der Waals surface area contributed by atoms with Gasteiger partial charge in [0.1, 0.15) is 0 Å². The lowest BCUT2D eigenvalue weighted by molar-refractivity contribution is -0.155. The third kappa shape index (κ3) is 5.00. The fourth-order valence-electron chi connectivity index (χ4n) is 3.15. The van der Waals surface area contributed by atoms with E-state index in [0.29, 0.717) is 34.4 Å². The number of nitrogens with two attached hydrogens (primary N) is 1. The summed E-state index contributed by atoms with van der Waals surface area (Å²) in [7, 11) is 2.99. The van der Waals surface area contributed by atoms with Crippen molar-refractivity contribution in [2.24, 2.45) is 5.73 Å². The molecule has 3 rings (SSSR count). The van der Waals surface area contributed by atoms with Crippen LogP contribution in [-0.2, 0) is 20.9 Å². The molecule has 3 aromatic rings. The number of primary amides is 1. The predicted molar refractivity (Wildman–Crippen MR) is 113 cm³/mol. The highest BCUT2D eigenvalue weighted by Crippen LogP contribution is 2.29. The molecule has 0 aliphatic heterocycles. The Morgan fingerprint density at radius 3 is 2.42 bits per heavy atom. The smallest absolute Gasteiger partial charge is 0.306 e. The van der Waals surface area contributed by atoms with Crippen molar-refractivity contribution in [2.75, 3.05) is 14.2 Å². The molecule has 162 valence electrons. The van der Waals surface area contributed by atoms with Gasteiger partial charge in [-0.25, -0.2) is 4.98 Å². The fraction of sp³-hybridized carbons (Fsp3) is 0.273. The number of ether oxygens (including phenoxy) is 3. The third-order valence-electron chi connectivity index (χ3n) is 4.72. The van der Waals surface area contributed by atoms with Crippen LogP contribution in [0.15, 0.2) is 53.6 Å². The van der Waals surface area contributed by atoms with E-state index in [0.717, 1.165) is 0 Å². The van der Waals surface area contributed by atoms with Gasteiger partial charge in [0.15, 0.2) is 11.5 Å². The molecule has 31 heavy (non-hydrogen) atoms. The van der Waals surface area contributed by atoms with Crippen LogP contribution in [0.4, 0.5) is 0 Å². The van der Waals surface area contributed by atoms with Gasteiger partial charge < -0.3 is 19.9 Å². The van der Waals surface area contributed by atoms with Crippen molar-refractivity contribution >= 4 is 22.8 Å². The lowest BCUT2D eigenvalue weighted by Crippen LogP contribution is -2.26. The van der Waals surface area contributed by atoms with Gasteiger partial charge in [0.05, 0.1) is 31.4 Å². The molecule has 0 unspecified atom stereocenters. The number of aromatic nitrogens is 2. The van der Waals surface area contributed by atoms with Crippen molar-refractivity contribution < 1.29 is 23.8 Å². The van der Waals surface area contributed by atoms with Gasteiger partial charge >= 0.3 is 5.97 Å². The van der Waals surface area contributed by atoms with Gasteiger partial charge in [0.2, 0.25) is 6.10 Å². The van der Waals surface area contributed by atoms with E-state index in [2.05, 4.69) is 4.98 Å². The Morgan fingerprint density at radius 1 is 1.10 bits per heavy atom. The van der Waals surface area contributed by atoms with Gasteiger partial charge in [-0.15, -0.1) is 0 Å². The average Bonchev–Trinajstić information content (AvgIpc) is 2.78. The van der Waals surface area contributed by atoms with E-state index in [1.165, 1.54) is 25.1 Å². The zero-order chi connectivity index (χ0) is 22.4. The maximum atomic E-state index is 12.8. The minimum absolute atomic E-state index is 0.00697. The van der Waals surface area contributed by atoms with Crippen molar-refractivity contribution in [1.82, 2.24) is 9.55 Å². The summed E-state index contributed by atoms with van der Waals surface area (Å²) >= 11 is 0. The summed E-state index contributed by atoms with van der Waals surface area (Å²) in [6, 6.07) is 11.8. The molecule has 0 radical (unpaired) electrons. The molecule has 0 bridgehead atoms. The lowest BCUT2D eigenvalue weighted by atomic mass is 10.1. The molecule has 1 heterocycles. The van der Waals surface area contributed by atoms with Crippen LogP contribution in [0.25, 0.3) is 10.9 Å². The Morgan fingerprint density at radius 2 is 1.77 bits per heavy atom. The quantitative estimate of drug-likeness (QED) is 0.520. The number of nitrogens with zero attached hydrogens (tertiary/aromatic N) is 2. The summed E-state index contributed by atoms with van der Waals surface area (Å²) in [6.45, 7) is 0.248. The average molecular weight is 425 g/mol. The molecule has 9 nitrogen and oxygen atoms in total. The maximum Gasteiger partial charge on any atom is 0.306 e. The van der Waals surface area contributed by atoms with Crippen LogP contribution in [0.3, 0.4) is 0 Å². The summed E-state index contributed by atoms with van der Waals surface area (Å²) in [5, 5.41) is 0.376. The Balaban J connectivity index is 1.67. The molecule has 2 N–H and O–H groups in total. The Hall–Kier alpha value is -3.88. The standard InChI is InChI=1S/C22H23N3O6/c1-29-17-11-15-16(12-18(17)30-2)24-13-25(22(15)28)10-6-9-19(26)31-20(21(23)27)14-7-4-3-5-8-14/h3-5,7-8,11-13,20H,6,9-10H2,1-2H3,(H2,23,27)/t20-/m1/s1. The SMILES string of the molecule is COc1cc2ncn(CCCC(=O)O[C@@H](C(N)=O)c3ccccc3)c(=O)c2cc1OC. The number of benzene rings is 2. The molecule has 1 amide bonds. The van der Waals surface area contributed by atoms with Crippen molar-refractivity contribution in [2.45, 2.75) is 25.5 Å². The maximum absolute atomic E-state index is 12.8. The summed E-state index contributed by atoms with van der Waals surface area (Å²) in [6.07, 6.45) is 0.589. The minimum Gasteiger partial charge on any atom is -0.493 e. The van der Waals surface area contributed by atoms with Crippen LogP contribution in [0.2, 0.25) is 0 Å².